The number of aliphatic carboxylic acids is 1. The number of carbonyl (C=O) groups excluding carboxylic acids is 1. The van der Waals surface area contributed by atoms with Gasteiger partial charge in [-0.2, -0.15) is 0 Å². The molecule has 0 saturated heterocycles. The van der Waals surface area contributed by atoms with Crippen LogP contribution in [0.2, 0.25) is 0 Å². The molecule has 0 aliphatic rings. The van der Waals surface area contributed by atoms with Gasteiger partial charge in [0.05, 0.1) is 12.3 Å². The number of Topliss-reactive ketones (excluding diaryl/α,β-unsaturated/α-hetero) is 1. The molecule has 0 bridgehead atoms. The summed E-state index contributed by atoms with van der Waals surface area (Å²) in [5.41, 5.74) is 1.77. The third kappa shape index (κ3) is 3.93. The highest BCUT2D eigenvalue weighted by molar-refractivity contribution is 5.97. The lowest BCUT2D eigenvalue weighted by atomic mass is 9.93. The summed E-state index contributed by atoms with van der Waals surface area (Å²) in [4.78, 5) is 28.3. The van der Waals surface area contributed by atoms with E-state index in [0.717, 1.165) is 12.8 Å². The molecule has 0 saturated carbocycles. The summed E-state index contributed by atoms with van der Waals surface area (Å²) in [5, 5.41) is 9.03. The summed E-state index contributed by atoms with van der Waals surface area (Å²) in [6.45, 7) is 6.20. The maximum Gasteiger partial charge on any atom is 0.303 e. The van der Waals surface area contributed by atoms with Crippen LogP contribution in [0.1, 0.15) is 55.7 Å². The lowest BCUT2D eigenvalue weighted by Crippen LogP contribution is -2.15. The Labute approximate surface area is 141 Å². The molecule has 6 heteroatoms. The number of hydrogen-bond acceptors (Lipinski definition) is 4. The predicted octanol–water partition coefficient (Wildman–Crippen LogP) is 3.51. The van der Waals surface area contributed by atoms with Gasteiger partial charge in [0, 0.05) is 19.0 Å². The molecule has 0 spiro atoms. The summed E-state index contributed by atoms with van der Waals surface area (Å²) < 4.78 is 7.31. The Balaban J connectivity index is 2.33. The van der Waals surface area contributed by atoms with E-state index < -0.39 is 5.97 Å². The van der Waals surface area contributed by atoms with Crippen molar-refractivity contribution < 1.29 is 19.4 Å². The average Bonchev–Trinajstić information content (AvgIpc) is 2.84. The second-order valence-corrected chi connectivity index (χ2v) is 5.92. The number of carboxylic acid groups (broad SMARTS) is 1. The minimum Gasteiger partial charge on any atom is -0.490 e. The second kappa shape index (κ2) is 7.95. The van der Waals surface area contributed by atoms with Gasteiger partial charge in [0.2, 0.25) is 0 Å². The molecule has 0 radical (unpaired) electrons. The number of imidazole rings is 1. The molecule has 0 aromatic carbocycles. The van der Waals surface area contributed by atoms with Gasteiger partial charge in [-0.15, -0.1) is 0 Å². The van der Waals surface area contributed by atoms with Crippen LogP contribution < -0.4 is 4.74 Å². The van der Waals surface area contributed by atoms with Crippen molar-refractivity contribution in [3.63, 3.8) is 0 Å². The standard InChI is InChI=1S/C18H24N2O4/c1-4-7-13(11-16(22)23)10-14(21)17-12(3)19-18-15(24-5-2)8-6-9-20(17)18/h6,8-9,13H,4-5,7,10-11H2,1-3H3,(H,22,23)/t13-/m0/s1. The maximum atomic E-state index is 12.8. The zero-order valence-electron chi connectivity index (χ0n) is 14.4. The number of fused-ring (bicyclic) bond motifs is 1. The zero-order chi connectivity index (χ0) is 17.7. The van der Waals surface area contributed by atoms with E-state index in [9.17, 15) is 9.59 Å². The van der Waals surface area contributed by atoms with Gasteiger partial charge in [0.25, 0.3) is 0 Å². The number of ketones is 1. The number of nitrogens with zero attached hydrogens (tertiary/aromatic N) is 2. The number of aromatic nitrogens is 2. The van der Waals surface area contributed by atoms with E-state index >= 15 is 0 Å². The van der Waals surface area contributed by atoms with Crippen molar-refractivity contribution >= 4 is 17.4 Å². The van der Waals surface area contributed by atoms with Gasteiger partial charge in [-0.3, -0.25) is 14.0 Å². The Morgan fingerprint density at radius 3 is 2.71 bits per heavy atom. The third-order valence-corrected chi connectivity index (χ3v) is 3.99. The van der Waals surface area contributed by atoms with E-state index in [1.54, 1.807) is 17.5 Å². The fourth-order valence-electron chi connectivity index (χ4n) is 3.05. The van der Waals surface area contributed by atoms with E-state index in [1.807, 2.05) is 26.0 Å². The molecule has 0 amide bonds. The van der Waals surface area contributed by atoms with Crippen molar-refractivity contribution in [2.75, 3.05) is 6.61 Å². The summed E-state index contributed by atoms with van der Waals surface area (Å²) in [5.74, 6) is -0.457. The molecule has 1 atom stereocenters. The van der Waals surface area contributed by atoms with E-state index in [2.05, 4.69) is 4.98 Å². The van der Waals surface area contributed by atoms with Crippen LogP contribution in [-0.2, 0) is 4.79 Å². The van der Waals surface area contributed by atoms with Crippen LogP contribution in [0.5, 0.6) is 5.75 Å². The summed E-state index contributed by atoms with van der Waals surface area (Å²) >= 11 is 0. The number of aryl methyl sites for hydroxylation is 1. The number of carboxylic acids is 1. The predicted molar refractivity (Wildman–Crippen MR) is 90.7 cm³/mol. The Morgan fingerprint density at radius 2 is 2.08 bits per heavy atom. The Bertz CT molecular complexity index is 736. The number of hydrogen-bond donors (Lipinski definition) is 1. The summed E-state index contributed by atoms with van der Waals surface area (Å²) in [7, 11) is 0. The van der Waals surface area contributed by atoms with E-state index in [4.69, 9.17) is 9.84 Å². The van der Waals surface area contributed by atoms with Crippen molar-refractivity contribution in [2.24, 2.45) is 5.92 Å². The highest BCUT2D eigenvalue weighted by atomic mass is 16.5. The van der Waals surface area contributed by atoms with Gasteiger partial charge < -0.3 is 9.84 Å². The van der Waals surface area contributed by atoms with Crippen molar-refractivity contribution in [3.8, 4) is 5.75 Å². The lowest BCUT2D eigenvalue weighted by molar-refractivity contribution is -0.138. The molecule has 0 fully saturated rings. The van der Waals surface area contributed by atoms with Crippen molar-refractivity contribution in [2.45, 2.75) is 46.5 Å². The molecule has 0 aliphatic carbocycles. The van der Waals surface area contributed by atoms with Gasteiger partial charge in [-0.05, 0) is 38.3 Å². The first kappa shape index (κ1) is 18.0. The molecule has 0 aliphatic heterocycles. The molecule has 6 nitrogen and oxygen atoms in total. The van der Waals surface area contributed by atoms with Crippen LogP contribution in [0.4, 0.5) is 0 Å². The topological polar surface area (TPSA) is 80.9 Å². The first-order chi connectivity index (χ1) is 11.5. The lowest BCUT2D eigenvalue weighted by Gasteiger charge is -2.13. The average molecular weight is 332 g/mol. The Hall–Kier alpha value is -2.37. The summed E-state index contributed by atoms with van der Waals surface area (Å²) in [6.07, 6.45) is 3.59. The third-order valence-electron chi connectivity index (χ3n) is 3.99. The van der Waals surface area contributed by atoms with Crippen LogP contribution in [0.25, 0.3) is 5.65 Å². The molecular weight excluding hydrogens is 308 g/mol. The van der Waals surface area contributed by atoms with Crippen LogP contribution in [-0.4, -0.2) is 32.9 Å². The minimum absolute atomic E-state index is 0.0135. The molecule has 0 unspecified atom stereocenters. The largest absolute Gasteiger partial charge is 0.490 e. The first-order valence-electron chi connectivity index (χ1n) is 8.33. The van der Waals surface area contributed by atoms with Gasteiger partial charge in [0.1, 0.15) is 5.69 Å². The summed E-state index contributed by atoms with van der Waals surface area (Å²) in [6, 6.07) is 3.64. The maximum absolute atomic E-state index is 12.8. The molecule has 130 valence electrons. The minimum atomic E-state index is -0.866. The van der Waals surface area contributed by atoms with Gasteiger partial charge in [0.15, 0.2) is 17.2 Å². The number of rotatable bonds is 9. The van der Waals surface area contributed by atoms with Crippen molar-refractivity contribution in [1.82, 2.24) is 9.38 Å². The van der Waals surface area contributed by atoms with Crippen LogP contribution >= 0.6 is 0 Å². The number of ether oxygens (including phenoxy) is 1. The molecule has 2 aromatic rings. The van der Waals surface area contributed by atoms with Crippen LogP contribution in [0.3, 0.4) is 0 Å². The SMILES string of the molecule is CCC[C@H](CC(=O)O)CC(=O)c1c(C)nc2c(OCC)cccn12. The molecule has 24 heavy (non-hydrogen) atoms. The normalized spacial score (nSPS) is 12.3. The van der Waals surface area contributed by atoms with Crippen molar-refractivity contribution in [3.05, 3.63) is 29.7 Å². The van der Waals surface area contributed by atoms with Gasteiger partial charge in [-0.1, -0.05) is 13.3 Å². The highest BCUT2D eigenvalue weighted by Gasteiger charge is 2.23. The Morgan fingerprint density at radius 1 is 1.33 bits per heavy atom. The fourth-order valence-corrected chi connectivity index (χ4v) is 3.05. The highest BCUT2D eigenvalue weighted by Crippen LogP contribution is 2.25. The first-order valence-corrected chi connectivity index (χ1v) is 8.33. The van der Waals surface area contributed by atoms with E-state index in [0.29, 0.717) is 29.4 Å². The van der Waals surface area contributed by atoms with Crippen LogP contribution in [0.15, 0.2) is 18.3 Å². The van der Waals surface area contributed by atoms with Gasteiger partial charge >= 0.3 is 5.97 Å². The zero-order valence-corrected chi connectivity index (χ0v) is 14.4. The Kier molecular flexibility index (Phi) is 5.95. The second-order valence-electron chi connectivity index (χ2n) is 5.92. The van der Waals surface area contributed by atoms with Gasteiger partial charge in [-0.25, -0.2) is 4.98 Å². The van der Waals surface area contributed by atoms with E-state index in [-0.39, 0.29) is 24.5 Å². The quantitative estimate of drug-likeness (QED) is 0.711. The molecule has 2 aromatic heterocycles. The molecule has 2 rings (SSSR count). The number of carbonyl (C=O) groups is 2. The molecular formula is C18H24N2O4. The molecule has 2 heterocycles. The smallest absolute Gasteiger partial charge is 0.303 e. The van der Waals surface area contributed by atoms with E-state index in [1.165, 1.54) is 0 Å². The number of pyridine rings is 1. The molecule has 1 N–H and O–H groups in total. The van der Waals surface area contributed by atoms with Crippen LogP contribution in [0, 0.1) is 12.8 Å². The van der Waals surface area contributed by atoms with Crippen molar-refractivity contribution in [1.29, 1.82) is 0 Å². The fraction of sp³-hybridized carbons (Fsp3) is 0.500. The monoisotopic (exact) mass is 332 g/mol.